The molecule has 1 fully saturated rings. The van der Waals surface area contributed by atoms with Crippen molar-refractivity contribution in [2.75, 3.05) is 13.1 Å². The lowest BCUT2D eigenvalue weighted by Crippen LogP contribution is -2.56. The number of nitrogens with zero attached hydrogens (tertiary/aromatic N) is 1. The van der Waals surface area contributed by atoms with Crippen LogP contribution in [0.25, 0.3) is 0 Å². The van der Waals surface area contributed by atoms with Gasteiger partial charge in [0, 0.05) is 31.7 Å². The van der Waals surface area contributed by atoms with E-state index >= 15 is 0 Å². The second-order valence-electron chi connectivity index (χ2n) is 5.68. The second kappa shape index (κ2) is 8.83. The van der Waals surface area contributed by atoms with Crippen LogP contribution >= 0.6 is 24.8 Å². The molecule has 0 saturated carbocycles. The first-order chi connectivity index (χ1) is 8.56. The molecule has 1 saturated heterocycles. The van der Waals surface area contributed by atoms with E-state index in [1.165, 1.54) is 5.56 Å². The summed E-state index contributed by atoms with van der Waals surface area (Å²) in [7, 11) is 0. The topological polar surface area (TPSA) is 15.3 Å². The van der Waals surface area contributed by atoms with Gasteiger partial charge in [-0.25, -0.2) is 4.39 Å². The van der Waals surface area contributed by atoms with E-state index in [1.54, 1.807) is 12.1 Å². The Balaban J connectivity index is 0.00000180. The van der Waals surface area contributed by atoms with E-state index in [4.69, 9.17) is 0 Å². The SMILES string of the molecule is CC(C)[C@H]1CN[C@@H](C)CN1Cc1ccc(F)cc1.Cl.Cl. The third kappa shape index (κ3) is 5.21. The zero-order chi connectivity index (χ0) is 13.1. The lowest BCUT2D eigenvalue weighted by atomic mass is 9.98. The van der Waals surface area contributed by atoms with Gasteiger partial charge >= 0.3 is 0 Å². The molecule has 0 radical (unpaired) electrons. The second-order valence-corrected chi connectivity index (χ2v) is 5.68. The molecule has 0 amide bonds. The van der Waals surface area contributed by atoms with Crippen LogP contribution in [-0.2, 0) is 6.54 Å². The van der Waals surface area contributed by atoms with Gasteiger partial charge in [-0.3, -0.25) is 4.90 Å². The largest absolute Gasteiger partial charge is 0.311 e. The Labute approximate surface area is 133 Å². The molecule has 0 aliphatic carbocycles. The van der Waals surface area contributed by atoms with E-state index in [9.17, 15) is 4.39 Å². The van der Waals surface area contributed by atoms with Crippen LogP contribution in [0, 0.1) is 11.7 Å². The molecule has 0 aromatic heterocycles. The van der Waals surface area contributed by atoms with Gasteiger partial charge in [0.2, 0.25) is 0 Å². The summed E-state index contributed by atoms with van der Waals surface area (Å²) in [5.41, 5.74) is 1.19. The predicted octanol–water partition coefficient (Wildman–Crippen LogP) is 3.49. The fraction of sp³-hybridized carbons (Fsp3) is 0.600. The van der Waals surface area contributed by atoms with Crippen molar-refractivity contribution >= 4 is 24.8 Å². The third-order valence-electron chi connectivity index (χ3n) is 3.72. The number of hydrogen-bond donors (Lipinski definition) is 1. The van der Waals surface area contributed by atoms with Crippen molar-refractivity contribution in [3.05, 3.63) is 35.6 Å². The van der Waals surface area contributed by atoms with Crippen LogP contribution in [0.1, 0.15) is 26.3 Å². The Morgan fingerprint density at radius 3 is 2.40 bits per heavy atom. The number of nitrogens with one attached hydrogen (secondary N) is 1. The standard InChI is InChI=1S/C15H23FN2.2ClH/c1-11(2)15-8-17-12(3)9-18(15)10-13-4-6-14(16)7-5-13;;/h4-7,11-12,15,17H,8-10H2,1-3H3;2*1H/t12-,15+;;/m0../s1. The summed E-state index contributed by atoms with van der Waals surface area (Å²) in [6.07, 6.45) is 0. The zero-order valence-corrected chi connectivity index (χ0v) is 13.9. The van der Waals surface area contributed by atoms with Gasteiger partial charge in [0.25, 0.3) is 0 Å². The maximum atomic E-state index is 12.9. The summed E-state index contributed by atoms with van der Waals surface area (Å²) in [5.74, 6) is 0.471. The number of rotatable bonds is 3. The molecule has 0 spiro atoms. The van der Waals surface area contributed by atoms with Crippen molar-refractivity contribution < 1.29 is 4.39 Å². The normalized spacial score (nSPS) is 23.1. The van der Waals surface area contributed by atoms with Gasteiger partial charge in [0.1, 0.15) is 5.82 Å². The first-order valence-corrected chi connectivity index (χ1v) is 6.78. The summed E-state index contributed by atoms with van der Waals surface area (Å²) >= 11 is 0. The molecule has 2 rings (SSSR count). The Kier molecular flexibility index (Phi) is 8.68. The van der Waals surface area contributed by atoms with Crippen molar-refractivity contribution in [3.63, 3.8) is 0 Å². The lowest BCUT2D eigenvalue weighted by Gasteiger charge is -2.41. The summed E-state index contributed by atoms with van der Waals surface area (Å²) in [6, 6.07) is 7.96. The molecule has 0 bridgehead atoms. The Morgan fingerprint density at radius 2 is 1.85 bits per heavy atom. The first-order valence-electron chi connectivity index (χ1n) is 6.78. The molecule has 1 aromatic rings. The highest BCUT2D eigenvalue weighted by molar-refractivity contribution is 5.85. The van der Waals surface area contributed by atoms with Gasteiger partial charge in [-0.15, -0.1) is 24.8 Å². The van der Waals surface area contributed by atoms with E-state index in [-0.39, 0.29) is 30.6 Å². The van der Waals surface area contributed by atoms with E-state index < -0.39 is 0 Å². The molecule has 1 N–H and O–H groups in total. The Hall–Kier alpha value is -0.350. The van der Waals surface area contributed by atoms with Gasteiger partial charge in [-0.2, -0.15) is 0 Å². The minimum atomic E-state index is -0.159. The maximum Gasteiger partial charge on any atom is 0.123 e. The number of halogens is 3. The highest BCUT2D eigenvalue weighted by Crippen LogP contribution is 2.18. The van der Waals surface area contributed by atoms with Crippen LogP contribution < -0.4 is 5.32 Å². The average molecular weight is 323 g/mol. The minimum Gasteiger partial charge on any atom is -0.311 e. The molecule has 1 aliphatic rings. The molecule has 1 heterocycles. The van der Waals surface area contributed by atoms with Crippen molar-refractivity contribution in [2.24, 2.45) is 5.92 Å². The van der Waals surface area contributed by atoms with Gasteiger partial charge < -0.3 is 5.32 Å². The van der Waals surface area contributed by atoms with Gasteiger partial charge in [-0.05, 0) is 30.5 Å². The molecule has 1 aromatic carbocycles. The molecule has 0 unspecified atom stereocenters. The lowest BCUT2D eigenvalue weighted by molar-refractivity contribution is 0.0956. The molecule has 1 aliphatic heterocycles. The Bertz CT molecular complexity index is 384. The fourth-order valence-electron chi connectivity index (χ4n) is 2.67. The monoisotopic (exact) mass is 322 g/mol. The molecule has 20 heavy (non-hydrogen) atoms. The maximum absolute atomic E-state index is 12.9. The van der Waals surface area contributed by atoms with Crippen molar-refractivity contribution in [2.45, 2.75) is 39.4 Å². The van der Waals surface area contributed by atoms with E-state index in [0.717, 1.165) is 19.6 Å². The summed E-state index contributed by atoms with van der Waals surface area (Å²) in [6.45, 7) is 9.75. The number of benzene rings is 1. The van der Waals surface area contributed by atoms with Crippen molar-refractivity contribution in [1.82, 2.24) is 10.2 Å². The van der Waals surface area contributed by atoms with Crippen LogP contribution in [0.4, 0.5) is 4.39 Å². The average Bonchev–Trinajstić information content (AvgIpc) is 2.32. The smallest absolute Gasteiger partial charge is 0.123 e. The number of piperazine rings is 1. The molecular weight excluding hydrogens is 298 g/mol. The van der Waals surface area contributed by atoms with Crippen LogP contribution in [-0.4, -0.2) is 30.1 Å². The Morgan fingerprint density at radius 1 is 1.25 bits per heavy atom. The van der Waals surface area contributed by atoms with Crippen LogP contribution in [0.3, 0.4) is 0 Å². The minimum absolute atomic E-state index is 0. The van der Waals surface area contributed by atoms with Gasteiger partial charge in [0.05, 0.1) is 0 Å². The molecule has 116 valence electrons. The van der Waals surface area contributed by atoms with Gasteiger partial charge in [-0.1, -0.05) is 26.0 Å². The molecule has 2 nitrogen and oxygen atoms in total. The number of hydrogen-bond acceptors (Lipinski definition) is 2. The molecule has 5 heteroatoms. The van der Waals surface area contributed by atoms with E-state index in [0.29, 0.717) is 18.0 Å². The van der Waals surface area contributed by atoms with E-state index in [1.807, 2.05) is 12.1 Å². The van der Waals surface area contributed by atoms with Crippen LogP contribution in [0.2, 0.25) is 0 Å². The summed E-state index contributed by atoms with van der Waals surface area (Å²) in [5, 5.41) is 3.54. The summed E-state index contributed by atoms with van der Waals surface area (Å²) < 4.78 is 12.9. The molecular formula is C15H25Cl2FN2. The van der Waals surface area contributed by atoms with Crippen molar-refractivity contribution in [1.29, 1.82) is 0 Å². The van der Waals surface area contributed by atoms with Crippen molar-refractivity contribution in [3.8, 4) is 0 Å². The highest BCUT2D eigenvalue weighted by Gasteiger charge is 2.27. The fourth-order valence-corrected chi connectivity index (χ4v) is 2.67. The van der Waals surface area contributed by atoms with E-state index in [2.05, 4.69) is 31.0 Å². The van der Waals surface area contributed by atoms with Gasteiger partial charge in [0.15, 0.2) is 0 Å². The predicted molar refractivity (Wildman–Crippen MR) is 87.4 cm³/mol. The third-order valence-corrected chi connectivity index (χ3v) is 3.72. The first kappa shape index (κ1) is 19.7. The quantitative estimate of drug-likeness (QED) is 0.916. The zero-order valence-electron chi connectivity index (χ0n) is 12.3. The highest BCUT2D eigenvalue weighted by atomic mass is 35.5. The summed E-state index contributed by atoms with van der Waals surface area (Å²) in [4.78, 5) is 2.51. The van der Waals surface area contributed by atoms with Crippen LogP contribution in [0.5, 0.6) is 0 Å². The molecule has 2 atom stereocenters. The van der Waals surface area contributed by atoms with Crippen LogP contribution in [0.15, 0.2) is 24.3 Å².